The van der Waals surface area contributed by atoms with Crippen molar-refractivity contribution in [3.63, 3.8) is 0 Å². The van der Waals surface area contributed by atoms with Crippen LogP contribution < -0.4 is 0 Å². The lowest BCUT2D eigenvalue weighted by atomic mass is 10.2. The first-order valence-corrected chi connectivity index (χ1v) is 6.84. The topological polar surface area (TPSA) is 49.7 Å². The Kier molecular flexibility index (Phi) is 5.94. The van der Waals surface area contributed by atoms with Crippen LogP contribution in [0.5, 0.6) is 0 Å². The zero-order valence-electron chi connectivity index (χ0n) is 10.8. The second-order valence-electron chi connectivity index (χ2n) is 4.65. The molecule has 0 N–H and O–H groups in total. The average molecular weight is 254 g/mol. The highest BCUT2D eigenvalue weighted by Gasteiger charge is 2.10. The Morgan fingerprint density at radius 2 is 1.00 bits per heavy atom. The van der Waals surface area contributed by atoms with Gasteiger partial charge in [0, 0.05) is 26.2 Å². The van der Waals surface area contributed by atoms with Crippen molar-refractivity contribution in [2.75, 3.05) is 26.2 Å². The van der Waals surface area contributed by atoms with E-state index in [0.29, 0.717) is 0 Å². The Morgan fingerprint density at radius 1 is 0.611 bits per heavy atom. The third kappa shape index (κ3) is 5.01. The summed E-state index contributed by atoms with van der Waals surface area (Å²) >= 11 is 0. The van der Waals surface area contributed by atoms with Crippen LogP contribution in [0, 0.1) is 0 Å². The van der Waals surface area contributed by atoms with Crippen LogP contribution in [0.1, 0.15) is 38.5 Å². The maximum absolute atomic E-state index is 5.22. The molecule has 0 unspecified atom stereocenters. The largest absolute Gasteiger partial charge is 0.297 e. The molecular formula is C12H22N4O2. The smallest absolute Gasteiger partial charge is 0.0905 e. The fraction of sp³-hybridized carbons (Fsp3) is 0.833. The molecule has 2 heterocycles. The zero-order valence-corrected chi connectivity index (χ0v) is 10.8. The van der Waals surface area contributed by atoms with Gasteiger partial charge in [0.15, 0.2) is 0 Å². The van der Waals surface area contributed by atoms with Gasteiger partial charge < -0.3 is 0 Å². The highest BCUT2D eigenvalue weighted by molar-refractivity contribution is 6.15. The number of hydrogen-bond acceptors (Lipinski definition) is 6. The van der Waals surface area contributed by atoms with E-state index >= 15 is 0 Å². The van der Waals surface area contributed by atoms with E-state index in [1.54, 1.807) is 0 Å². The fourth-order valence-electron chi connectivity index (χ4n) is 2.14. The molecule has 18 heavy (non-hydrogen) atoms. The molecule has 0 amide bonds. The van der Waals surface area contributed by atoms with Crippen LogP contribution >= 0.6 is 0 Å². The number of oxime groups is 2. The van der Waals surface area contributed by atoms with E-state index in [-0.39, 0.29) is 0 Å². The zero-order chi connectivity index (χ0) is 12.5. The van der Waals surface area contributed by atoms with Crippen LogP contribution in [0.15, 0.2) is 10.3 Å². The molecular weight excluding hydrogens is 232 g/mol. The molecule has 2 aliphatic heterocycles. The van der Waals surface area contributed by atoms with Crippen molar-refractivity contribution in [3.8, 4) is 0 Å². The summed E-state index contributed by atoms with van der Waals surface area (Å²) in [7, 11) is 0. The van der Waals surface area contributed by atoms with E-state index in [2.05, 4.69) is 10.3 Å². The van der Waals surface area contributed by atoms with Gasteiger partial charge in [0.25, 0.3) is 0 Å². The molecule has 0 aromatic carbocycles. The molecule has 0 radical (unpaired) electrons. The first-order valence-electron chi connectivity index (χ1n) is 6.84. The molecule has 0 atom stereocenters. The SMILES string of the molecule is C(/C=N/ON1CCCCC1)=N\ON1CCCCC1. The van der Waals surface area contributed by atoms with Gasteiger partial charge in [-0.1, -0.05) is 23.2 Å². The summed E-state index contributed by atoms with van der Waals surface area (Å²) in [4.78, 5) is 10.4. The van der Waals surface area contributed by atoms with E-state index in [0.717, 1.165) is 26.2 Å². The molecule has 0 bridgehead atoms. The van der Waals surface area contributed by atoms with E-state index in [1.165, 1.54) is 51.0 Å². The Labute approximate surface area is 108 Å². The van der Waals surface area contributed by atoms with Crippen molar-refractivity contribution in [1.29, 1.82) is 0 Å². The Hall–Kier alpha value is -1.14. The van der Waals surface area contributed by atoms with Gasteiger partial charge in [0.2, 0.25) is 0 Å². The van der Waals surface area contributed by atoms with Crippen molar-refractivity contribution in [3.05, 3.63) is 0 Å². The van der Waals surface area contributed by atoms with Crippen LogP contribution in [0.2, 0.25) is 0 Å². The van der Waals surface area contributed by atoms with Crippen molar-refractivity contribution in [1.82, 2.24) is 10.1 Å². The van der Waals surface area contributed by atoms with Crippen molar-refractivity contribution in [2.24, 2.45) is 10.3 Å². The number of hydroxylamine groups is 4. The van der Waals surface area contributed by atoms with Crippen LogP contribution in [-0.4, -0.2) is 48.7 Å². The summed E-state index contributed by atoms with van der Waals surface area (Å²) in [6.07, 6.45) is 10.3. The molecule has 0 spiro atoms. The monoisotopic (exact) mass is 254 g/mol. The molecule has 6 nitrogen and oxygen atoms in total. The molecule has 2 aliphatic rings. The van der Waals surface area contributed by atoms with E-state index in [9.17, 15) is 0 Å². The highest BCUT2D eigenvalue weighted by Crippen LogP contribution is 2.09. The highest BCUT2D eigenvalue weighted by atomic mass is 16.8. The van der Waals surface area contributed by atoms with Crippen molar-refractivity contribution >= 4 is 12.4 Å². The summed E-state index contributed by atoms with van der Waals surface area (Å²) in [5.41, 5.74) is 0. The van der Waals surface area contributed by atoms with E-state index < -0.39 is 0 Å². The van der Waals surface area contributed by atoms with E-state index in [4.69, 9.17) is 9.88 Å². The molecule has 2 saturated heterocycles. The lowest BCUT2D eigenvalue weighted by Crippen LogP contribution is -2.28. The lowest BCUT2D eigenvalue weighted by Gasteiger charge is -2.22. The summed E-state index contributed by atoms with van der Waals surface area (Å²) in [5.74, 6) is 0. The molecule has 2 rings (SSSR count). The number of hydrogen-bond donors (Lipinski definition) is 0. The van der Waals surface area contributed by atoms with Gasteiger partial charge in [-0.2, -0.15) is 0 Å². The second-order valence-corrected chi connectivity index (χ2v) is 4.65. The summed E-state index contributed by atoms with van der Waals surface area (Å²) in [6.45, 7) is 3.83. The standard InChI is InChI=1S/C12H22N4O2/c1-3-9-15(10-4-1)17-13-7-8-14-18-16-11-5-2-6-12-16/h7-8H,1-6,9-12H2/b13-7+,14-8+. The van der Waals surface area contributed by atoms with Gasteiger partial charge in [-0.3, -0.25) is 9.88 Å². The maximum Gasteiger partial charge on any atom is 0.0905 e. The number of nitrogens with zero attached hydrogens (tertiary/aromatic N) is 4. The molecule has 0 saturated carbocycles. The maximum atomic E-state index is 5.22. The fourth-order valence-corrected chi connectivity index (χ4v) is 2.14. The van der Waals surface area contributed by atoms with Crippen molar-refractivity contribution < 1.29 is 9.88 Å². The predicted octanol–water partition coefficient (Wildman–Crippen LogP) is 1.79. The van der Waals surface area contributed by atoms with Crippen LogP contribution in [0.4, 0.5) is 0 Å². The normalized spacial score (nSPS) is 23.8. The molecule has 6 heteroatoms. The Morgan fingerprint density at radius 3 is 1.39 bits per heavy atom. The number of rotatable bonds is 5. The average Bonchev–Trinajstić information content (AvgIpc) is 2.45. The quantitative estimate of drug-likeness (QED) is 0.554. The minimum atomic E-state index is 0.957. The molecule has 0 aliphatic carbocycles. The third-order valence-electron chi connectivity index (χ3n) is 3.14. The van der Waals surface area contributed by atoms with Gasteiger partial charge in [-0.05, 0) is 25.7 Å². The first kappa shape index (κ1) is 13.3. The summed E-state index contributed by atoms with van der Waals surface area (Å²) in [5, 5.41) is 11.4. The first-order chi connectivity index (χ1) is 8.95. The van der Waals surface area contributed by atoms with Gasteiger partial charge in [-0.25, -0.2) is 0 Å². The van der Waals surface area contributed by atoms with Crippen molar-refractivity contribution in [2.45, 2.75) is 38.5 Å². The van der Waals surface area contributed by atoms with Crippen LogP contribution in [0.3, 0.4) is 0 Å². The minimum absolute atomic E-state index is 0.957. The lowest BCUT2D eigenvalue weighted by molar-refractivity contribution is -0.168. The molecule has 0 aromatic rings. The van der Waals surface area contributed by atoms with Gasteiger partial charge >= 0.3 is 0 Å². The Balaban J connectivity index is 1.55. The summed E-state index contributed by atoms with van der Waals surface area (Å²) < 4.78 is 0. The molecule has 0 aromatic heterocycles. The second kappa shape index (κ2) is 8.05. The predicted molar refractivity (Wildman–Crippen MR) is 70.0 cm³/mol. The van der Waals surface area contributed by atoms with Gasteiger partial charge in [0.1, 0.15) is 0 Å². The Bertz CT molecular complexity index is 243. The molecule has 102 valence electrons. The van der Waals surface area contributed by atoms with Crippen LogP contribution in [0.25, 0.3) is 0 Å². The van der Waals surface area contributed by atoms with Gasteiger partial charge in [-0.15, -0.1) is 10.1 Å². The molecule has 2 fully saturated rings. The van der Waals surface area contributed by atoms with E-state index in [1.807, 2.05) is 10.1 Å². The number of piperidine rings is 2. The van der Waals surface area contributed by atoms with Crippen LogP contribution in [-0.2, 0) is 9.88 Å². The summed E-state index contributed by atoms with van der Waals surface area (Å²) in [6, 6.07) is 0. The minimum Gasteiger partial charge on any atom is -0.297 e. The van der Waals surface area contributed by atoms with Gasteiger partial charge in [0.05, 0.1) is 12.4 Å². The third-order valence-corrected chi connectivity index (χ3v) is 3.14.